The molecule has 0 aliphatic rings. The van der Waals surface area contributed by atoms with Crippen molar-refractivity contribution in [3.63, 3.8) is 0 Å². The summed E-state index contributed by atoms with van der Waals surface area (Å²) in [6.45, 7) is 13.0. The van der Waals surface area contributed by atoms with E-state index in [1.807, 2.05) is 74.5 Å². The highest BCUT2D eigenvalue weighted by atomic mass is 16.5. The number of amides is 1. The van der Waals surface area contributed by atoms with Crippen LogP contribution in [-0.4, -0.2) is 12.6 Å². The van der Waals surface area contributed by atoms with E-state index in [9.17, 15) is 4.79 Å². The number of carbonyl (C=O) groups excluding carboxylic acids is 1. The Hall–Kier alpha value is -3.27. The molecule has 4 nitrogen and oxygen atoms in total. The number of hydrogen-bond acceptors (Lipinski definition) is 3. The van der Waals surface area contributed by atoms with Crippen LogP contribution in [0.4, 0.5) is 16.2 Å². The van der Waals surface area contributed by atoms with Gasteiger partial charge < -0.3 is 10.1 Å². The maximum atomic E-state index is 11.9. The maximum Gasteiger partial charge on any atom is 0.412 e. The second kappa shape index (κ2) is 15.6. The zero-order valence-corrected chi connectivity index (χ0v) is 19.3. The molecule has 0 aromatic heterocycles. The van der Waals surface area contributed by atoms with Crippen molar-refractivity contribution in [3.8, 4) is 0 Å². The third kappa shape index (κ3) is 10.4. The average molecular weight is 421 g/mol. The van der Waals surface area contributed by atoms with Crippen LogP contribution in [0.2, 0.25) is 0 Å². The first kappa shape index (κ1) is 25.8. The van der Waals surface area contributed by atoms with Gasteiger partial charge in [0.1, 0.15) is 6.61 Å². The zero-order chi connectivity index (χ0) is 22.9. The van der Waals surface area contributed by atoms with E-state index < -0.39 is 6.09 Å². The molecule has 0 aliphatic carbocycles. The summed E-state index contributed by atoms with van der Waals surface area (Å²) in [6.07, 6.45) is 9.94. The Morgan fingerprint density at radius 3 is 2.42 bits per heavy atom. The fourth-order valence-electron chi connectivity index (χ4n) is 2.76. The first-order valence-corrected chi connectivity index (χ1v) is 10.8. The highest BCUT2D eigenvalue weighted by Crippen LogP contribution is 2.25. The van der Waals surface area contributed by atoms with Gasteiger partial charge in [-0.1, -0.05) is 87.2 Å². The number of para-hydroxylation sites is 1. The number of carbonyl (C=O) groups is 1. The van der Waals surface area contributed by atoms with Gasteiger partial charge in [0.2, 0.25) is 0 Å². The van der Waals surface area contributed by atoms with Crippen LogP contribution < -0.4 is 10.6 Å². The van der Waals surface area contributed by atoms with Gasteiger partial charge in [0, 0.05) is 6.54 Å². The summed E-state index contributed by atoms with van der Waals surface area (Å²) >= 11 is 0. The van der Waals surface area contributed by atoms with Crippen LogP contribution in [-0.2, 0) is 11.3 Å². The summed E-state index contributed by atoms with van der Waals surface area (Å²) in [6, 6.07) is 15.4. The SMILES string of the molecule is C=C/C=C(\C=C/CC)CC.CCNc1c(C)cccc1NC(=O)OCc1ccccc1. The van der Waals surface area contributed by atoms with Gasteiger partial charge in [0.25, 0.3) is 0 Å². The molecule has 0 unspecified atom stereocenters. The summed E-state index contributed by atoms with van der Waals surface area (Å²) in [5.74, 6) is 0. The van der Waals surface area contributed by atoms with E-state index in [0.29, 0.717) is 0 Å². The molecule has 0 spiro atoms. The summed E-state index contributed by atoms with van der Waals surface area (Å²) in [4.78, 5) is 11.9. The van der Waals surface area contributed by atoms with Crippen molar-refractivity contribution < 1.29 is 9.53 Å². The van der Waals surface area contributed by atoms with Crippen molar-refractivity contribution in [1.82, 2.24) is 0 Å². The lowest BCUT2D eigenvalue weighted by atomic mass is 10.1. The molecule has 2 aromatic rings. The first-order valence-electron chi connectivity index (χ1n) is 10.8. The Balaban J connectivity index is 0.000000407. The van der Waals surface area contributed by atoms with E-state index in [1.165, 1.54) is 5.57 Å². The Morgan fingerprint density at radius 2 is 1.81 bits per heavy atom. The number of aryl methyl sites for hydroxylation is 1. The molecular weight excluding hydrogens is 384 g/mol. The number of ether oxygens (including phenoxy) is 1. The second-order valence-electron chi connectivity index (χ2n) is 6.86. The molecule has 2 N–H and O–H groups in total. The van der Waals surface area contributed by atoms with Crippen molar-refractivity contribution >= 4 is 17.5 Å². The van der Waals surface area contributed by atoms with E-state index in [2.05, 4.69) is 43.2 Å². The molecule has 31 heavy (non-hydrogen) atoms. The smallest absolute Gasteiger partial charge is 0.412 e. The van der Waals surface area contributed by atoms with E-state index >= 15 is 0 Å². The molecule has 0 fully saturated rings. The predicted molar refractivity (Wildman–Crippen MR) is 134 cm³/mol. The summed E-state index contributed by atoms with van der Waals surface area (Å²) in [7, 11) is 0. The van der Waals surface area contributed by atoms with Crippen LogP contribution in [0.25, 0.3) is 0 Å². The van der Waals surface area contributed by atoms with Crippen molar-refractivity contribution in [2.45, 2.75) is 47.1 Å². The molecular formula is C27H36N2O2. The molecule has 0 aliphatic heterocycles. The monoisotopic (exact) mass is 420 g/mol. The minimum absolute atomic E-state index is 0.259. The van der Waals surface area contributed by atoms with Crippen LogP contribution >= 0.6 is 0 Å². The number of rotatable bonds is 9. The summed E-state index contributed by atoms with van der Waals surface area (Å²) < 4.78 is 5.23. The molecule has 0 heterocycles. The number of hydrogen-bond donors (Lipinski definition) is 2. The first-order chi connectivity index (χ1) is 15.0. The van der Waals surface area contributed by atoms with Crippen LogP contribution in [0.3, 0.4) is 0 Å². The molecule has 166 valence electrons. The minimum Gasteiger partial charge on any atom is -0.444 e. The molecule has 0 saturated heterocycles. The van der Waals surface area contributed by atoms with E-state index in [4.69, 9.17) is 4.74 Å². The van der Waals surface area contributed by atoms with E-state index in [0.717, 1.165) is 41.9 Å². The molecule has 2 aromatic carbocycles. The highest BCUT2D eigenvalue weighted by Gasteiger charge is 2.09. The normalized spacial score (nSPS) is 10.8. The largest absolute Gasteiger partial charge is 0.444 e. The highest BCUT2D eigenvalue weighted by molar-refractivity contribution is 5.90. The van der Waals surface area contributed by atoms with Crippen LogP contribution in [0.5, 0.6) is 0 Å². The van der Waals surface area contributed by atoms with Gasteiger partial charge >= 0.3 is 6.09 Å². The van der Waals surface area contributed by atoms with E-state index in [-0.39, 0.29) is 6.61 Å². The summed E-state index contributed by atoms with van der Waals surface area (Å²) in [5.41, 5.74) is 5.05. The number of allylic oxidation sites excluding steroid dienone is 5. The molecule has 0 saturated carbocycles. The van der Waals surface area contributed by atoms with Crippen molar-refractivity contribution in [3.05, 3.63) is 96.1 Å². The maximum absolute atomic E-state index is 11.9. The van der Waals surface area contributed by atoms with Gasteiger partial charge in [-0.25, -0.2) is 4.79 Å². The van der Waals surface area contributed by atoms with Crippen molar-refractivity contribution in [1.29, 1.82) is 0 Å². The summed E-state index contributed by atoms with van der Waals surface area (Å²) in [5, 5.41) is 6.04. The van der Waals surface area contributed by atoms with E-state index in [1.54, 1.807) is 0 Å². The average Bonchev–Trinajstić information content (AvgIpc) is 2.79. The minimum atomic E-state index is -0.455. The molecule has 0 bridgehead atoms. The quantitative estimate of drug-likeness (QED) is 0.410. The van der Waals surface area contributed by atoms with Crippen LogP contribution in [0.15, 0.2) is 85.0 Å². The standard InChI is InChI=1S/C17H20N2O2.C10H16/c1-3-18-16-13(2)8-7-11-15(16)19-17(20)21-12-14-9-5-4-6-10-14;1-4-7-9-10(6-3)8-5-2/h4-11,18H,3,12H2,1-2H3,(H,19,20);5,7-9H,2,4,6H2,1,3H3/b;9-7-,10-8-. The zero-order valence-electron chi connectivity index (χ0n) is 19.3. The number of benzene rings is 2. The van der Waals surface area contributed by atoms with Crippen LogP contribution in [0.1, 0.15) is 44.7 Å². The van der Waals surface area contributed by atoms with Gasteiger partial charge in [-0.2, -0.15) is 0 Å². The molecule has 1 amide bonds. The topological polar surface area (TPSA) is 50.4 Å². The third-order valence-electron chi connectivity index (χ3n) is 4.38. The Bertz CT molecular complexity index is 855. The fourth-order valence-corrected chi connectivity index (χ4v) is 2.76. The third-order valence-corrected chi connectivity index (χ3v) is 4.38. The van der Waals surface area contributed by atoms with Gasteiger partial charge in [-0.15, -0.1) is 0 Å². The Kier molecular flexibility index (Phi) is 12.9. The van der Waals surface area contributed by atoms with Gasteiger partial charge in [0.15, 0.2) is 0 Å². The molecule has 0 radical (unpaired) electrons. The molecule has 0 atom stereocenters. The lowest BCUT2D eigenvalue weighted by Crippen LogP contribution is -2.15. The Morgan fingerprint density at radius 1 is 1.06 bits per heavy atom. The lowest BCUT2D eigenvalue weighted by Gasteiger charge is -2.14. The van der Waals surface area contributed by atoms with Gasteiger partial charge in [0.05, 0.1) is 11.4 Å². The second-order valence-corrected chi connectivity index (χ2v) is 6.86. The molecule has 4 heteroatoms. The number of nitrogens with one attached hydrogen (secondary N) is 2. The van der Waals surface area contributed by atoms with Gasteiger partial charge in [-0.05, 0) is 49.5 Å². The Labute approximate surface area is 187 Å². The number of anilines is 2. The van der Waals surface area contributed by atoms with Crippen molar-refractivity contribution in [2.75, 3.05) is 17.2 Å². The predicted octanol–water partition coefficient (Wildman–Crippen LogP) is 7.65. The lowest BCUT2D eigenvalue weighted by molar-refractivity contribution is 0.155. The van der Waals surface area contributed by atoms with Gasteiger partial charge in [-0.3, -0.25) is 5.32 Å². The fraction of sp³-hybridized carbons (Fsp3) is 0.296. The molecule has 2 rings (SSSR count). The van der Waals surface area contributed by atoms with Crippen molar-refractivity contribution in [2.24, 2.45) is 0 Å². The van der Waals surface area contributed by atoms with Crippen LogP contribution in [0, 0.1) is 6.92 Å².